The van der Waals surface area contributed by atoms with E-state index in [1.54, 1.807) is 0 Å². The summed E-state index contributed by atoms with van der Waals surface area (Å²) in [4.78, 5) is 0. The zero-order valence-corrected chi connectivity index (χ0v) is 16.8. The molecule has 0 aliphatic rings. The van der Waals surface area contributed by atoms with E-state index in [9.17, 15) is 0 Å². The van der Waals surface area contributed by atoms with Crippen LogP contribution in [0.5, 0.6) is 0 Å². The van der Waals surface area contributed by atoms with Crippen molar-refractivity contribution >= 4 is 101 Å². The van der Waals surface area contributed by atoms with E-state index in [0.717, 1.165) is 8.67 Å². The van der Waals surface area contributed by atoms with Gasteiger partial charge in [-0.3, -0.25) is 0 Å². The molecule has 0 spiro atoms. The van der Waals surface area contributed by atoms with Gasteiger partial charge in [-0.05, 0) is 0 Å². The third-order valence-corrected chi connectivity index (χ3v) is 147. The average Bonchev–Trinajstić information content (AvgIpc) is 2.22. The van der Waals surface area contributed by atoms with Gasteiger partial charge in [0.1, 0.15) is 0 Å². The Labute approximate surface area is 98.2 Å². The Kier molecular flexibility index (Phi) is 4.52. The maximum atomic E-state index is 2.81. The van der Waals surface area contributed by atoms with E-state index in [-0.39, 0.29) is 0 Å². The molecule has 2 unspecified atom stereocenters. The van der Waals surface area contributed by atoms with Crippen molar-refractivity contribution in [1.82, 2.24) is 0 Å². The van der Waals surface area contributed by atoms with Gasteiger partial charge in [0.25, 0.3) is 0 Å². The third-order valence-electron chi connectivity index (χ3n) is 0.677. The van der Waals surface area contributed by atoms with Crippen LogP contribution in [-0.4, -0.2) is 40.8 Å². The molecule has 9 heteroatoms. The van der Waals surface area contributed by atoms with Gasteiger partial charge in [-0.1, -0.05) is 0 Å². The van der Waals surface area contributed by atoms with Crippen molar-refractivity contribution in [2.24, 2.45) is 0 Å². The van der Waals surface area contributed by atoms with E-state index < -0.39 is 0 Å². The van der Waals surface area contributed by atoms with Crippen molar-refractivity contribution in [2.75, 3.05) is 0 Å². The number of hydrogen-bond acceptors (Lipinski definition) is 0. The van der Waals surface area contributed by atoms with E-state index in [4.69, 9.17) is 0 Å². The van der Waals surface area contributed by atoms with Gasteiger partial charge in [0.15, 0.2) is 0 Å². The standard InChI is InChI=1S/I2P4Se3/c1-3-5-4(2)8-6(7-3)9-5. The molecule has 0 fully saturated rings. The van der Waals surface area contributed by atoms with Gasteiger partial charge in [-0.2, -0.15) is 0 Å². The topological polar surface area (TPSA) is 0 Å². The van der Waals surface area contributed by atoms with Crippen LogP contribution in [0.4, 0.5) is 0 Å². The molecule has 0 saturated heterocycles. The first-order valence-corrected chi connectivity index (χ1v) is 27.5. The SMILES string of the molecule is Ip1[se]p2[se]p(I)p1[se]2. The second kappa shape index (κ2) is 4.16. The number of rotatable bonds is 0. The summed E-state index contributed by atoms with van der Waals surface area (Å²) in [6.45, 7) is 0. The molecule has 0 aliphatic carbocycles. The van der Waals surface area contributed by atoms with Gasteiger partial charge in [0, 0.05) is 0 Å². The number of hydrogen-bond donors (Lipinski definition) is 0. The van der Waals surface area contributed by atoms with Crippen LogP contribution < -0.4 is 0 Å². The minimum absolute atomic E-state index is 0.673. The summed E-state index contributed by atoms with van der Waals surface area (Å²) in [6.07, 6.45) is 0. The van der Waals surface area contributed by atoms with Crippen molar-refractivity contribution in [3.63, 3.8) is 0 Å². The average molecular weight is 615 g/mol. The molecule has 0 N–H and O–H groups in total. The molecule has 2 rings (SSSR count). The maximum absolute atomic E-state index is 2.81. The Morgan fingerprint density at radius 2 is 1.44 bits per heavy atom. The van der Waals surface area contributed by atoms with Crippen LogP contribution in [0, 0.1) is 0 Å². The first-order chi connectivity index (χ1) is 4.27. The minimum atomic E-state index is 0.673. The zero-order valence-electron chi connectivity index (χ0n) is 3.77. The van der Waals surface area contributed by atoms with E-state index in [1.165, 1.54) is 40.8 Å². The zero-order chi connectivity index (χ0) is 6.43. The van der Waals surface area contributed by atoms with Gasteiger partial charge in [-0.25, -0.2) is 0 Å². The van der Waals surface area contributed by atoms with Crippen LogP contribution >= 0.6 is 59.8 Å². The molecule has 0 radical (unpaired) electrons. The molecule has 2 aromatic rings. The fourth-order valence-corrected chi connectivity index (χ4v) is 337. The van der Waals surface area contributed by atoms with Crippen LogP contribution in [0.1, 0.15) is 0 Å². The van der Waals surface area contributed by atoms with Gasteiger partial charge in [0.2, 0.25) is 0 Å². The molecule has 52 valence electrons. The van der Waals surface area contributed by atoms with Crippen molar-refractivity contribution in [3.8, 4) is 0 Å². The Morgan fingerprint density at radius 3 is 1.67 bits per heavy atom. The molecule has 2 heterocycles. The Balaban J connectivity index is 2.96. The molecule has 9 heavy (non-hydrogen) atoms. The Hall–Kier alpha value is 4.22. The molecule has 0 aromatic carbocycles. The first kappa shape index (κ1) is 9.76. The van der Waals surface area contributed by atoms with Crippen LogP contribution in [-0.2, 0) is 0 Å². The molecule has 2 atom stereocenters. The van der Waals surface area contributed by atoms with Crippen molar-refractivity contribution in [3.05, 3.63) is 0 Å². The molecule has 0 amide bonds. The second-order valence-electron chi connectivity index (χ2n) is 1.17. The second-order valence-corrected chi connectivity index (χ2v) is 70.8. The van der Waals surface area contributed by atoms with E-state index in [2.05, 4.69) is 44.1 Å². The summed E-state index contributed by atoms with van der Waals surface area (Å²) >= 11 is 9.37. The molecule has 2 bridgehead atoms. The predicted octanol–water partition coefficient (Wildman–Crippen LogP) is 4.07. The predicted molar refractivity (Wildman–Crippen MR) is 73.0 cm³/mol. The van der Waals surface area contributed by atoms with Crippen molar-refractivity contribution < 1.29 is 0 Å². The molecular formula is I2P4Se3. The Morgan fingerprint density at radius 1 is 0.889 bits per heavy atom. The van der Waals surface area contributed by atoms with Gasteiger partial charge >= 0.3 is 101 Å². The van der Waals surface area contributed by atoms with Crippen LogP contribution in [0.3, 0.4) is 0 Å². The Bertz CT molecular complexity index is 302. The fourth-order valence-electron chi connectivity index (χ4n) is 0.390. The van der Waals surface area contributed by atoms with E-state index >= 15 is 0 Å². The van der Waals surface area contributed by atoms with Crippen molar-refractivity contribution in [1.29, 1.82) is 0 Å². The number of fused-ring (bicyclic) bond motifs is 2. The molecular weight excluding hydrogens is 615 g/mol. The van der Waals surface area contributed by atoms with Gasteiger partial charge in [-0.15, -0.1) is 0 Å². The normalized spacial score (nSPS) is 19.3. The summed E-state index contributed by atoms with van der Waals surface area (Å²) in [5, 5.41) is 0.759. The van der Waals surface area contributed by atoms with Crippen LogP contribution in [0.25, 0.3) is 0 Å². The third kappa shape index (κ3) is 2.18. The summed E-state index contributed by atoms with van der Waals surface area (Å²) < 4.78 is 2.16. The summed E-state index contributed by atoms with van der Waals surface area (Å²) in [5.41, 5.74) is 0. The van der Waals surface area contributed by atoms with Crippen molar-refractivity contribution in [2.45, 2.75) is 0 Å². The monoisotopic (exact) mass is 617 g/mol. The van der Waals surface area contributed by atoms with E-state index in [0.29, 0.717) is 7.02 Å². The van der Waals surface area contributed by atoms with Crippen LogP contribution in [0.2, 0.25) is 0 Å². The molecule has 0 saturated carbocycles. The van der Waals surface area contributed by atoms with Crippen LogP contribution in [0.15, 0.2) is 0 Å². The summed E-state index contributed by atoms with van der Waals surface area (Å²) in [7, 11) is 0. The molecule has 2 aromatic heterocycles. The van der Waals surface area contributed by atoms with Gasteiger partial charge in [0.05, 0.1) is 0 Å². The summed E-state index contributed by atoms with van der Waals surface area (Å²) in [6, 6.07) is 0. The number of halogens is 2. The first-order valence-electron chi connectivity index (χ1n) is 1.83. The van der Waals surface area contributed by atoms with Gasteiger partial charge < -0.3 is 0 Å². The molecule has 0 aliphatic heterocycles. The quantitative estimate of drug-likeness (QED) is 0.310. The summed E-state index contributed by atoms with van der Waals surface area (Å²) in [5.74, 6) is 0. The fraction of sp³-hybridized carbons (Fsp3) is 0. The van der Waals surface area contributed by atoms with E-state index in [1.807, 2.05) is 0 Å². The molecule has 0 nitrogen and oxygen atoms in total.